The predicted octanol–water partition coefficient (Wildman–Crippen LogP) is 8.55. The fourth-order valence-corrected chi connectivity index (χ4v) is 5.89. The van der Waals surface area contributed by atoms with Crippen LogP contribution in [0.4, 0.5) is 0 Å². The summed E-state index contributed by atoms with van der Waals surface area (Å²) in [7, 11) is 0. The summed E-state index contributed by atoms with van der Waals surface area (Å²) in [5.41, 5.74) is 9.95. The molecule has 0 heterocycles. The van der Waals surface area contributed by atoms with Crippen LogP contribution in [0.5, 0.6) is 0 Å². The molecule has 0 bridgehead atoms. The summed E-state index contributed by atoms with van der Waals surface area (Å²) < 4.78 is 0. The molecule has 3 aromatic carbocycles. The van der Waals surface area contributed by atoms with Gasteiger partial charge < -0.3 is 0 Å². The fraction of sp³-hybridized carbons (Fsp3) is 0.368. The van der Waals surface area contributed by atoms with E-state index >= 15 is 0 Å². The second-order valence-corrected chi connectivity index (χ2v) is 14.4. The van der Waals surface area contributed by atoms with Gasteiger partial charge in [0.1, 0.15) is 0 Å². The second kappa shape index (κ2) is 8.98. The van der Waals surface area contributed by atoms with Crippen molar-refractivity contribution in [3.63, 3.8) is 0 Å². The normalized spacial score (nSPS) is 17.6. The molecule has 0 radical (unpaired) electrons. The van der Waals surface area contributed by atoms with E-state index in [1.807, 2.05) is 0 Å². The Morgan fingerprint density at radius 1 is 0.684 bits per heavy atom. The van der Waals surface area contributed by atoms with Gasteiger partial charge in [0.2, 0.25) is 0 Å². The predicted molar refractivity (Wildman–Crippen MR) is 165 cm³/mol. The van der Waals surface area contributed by atoms with Crippen molar-refractivity contribution in [2.45, 2.75) is 80.1 Å². The summed E-state index contributed by atoms with van der Waals surface area (Å²) in [6.45, 7) is 23.4. The molecule has 196 valence electrons. The molecule has 1 unspecified atom stereocenters. The Labute approximate surface area is 229 Å². The Balaban J connectivity index is 1.97. The molecule has 0 amide bonds. The Bertz CT molecular complexity index is 1690. The van der Waals surface area contributed by atoms with Crippen LogP contribution < -0.4 is 10.4 Å². The molecule has 3 aromatic rings. The molecule has 0 aliphatic heterocycles. The van der Waals surface area contributed by atoms with E-state index in [0.717, 1.165) is 0 Å². The first-order valence-electron chi connectivity index (χ1n) is 14.2. The van der Waals surface area contributed by atoms with E-state index in [4.69, 9.17) is 0 Å². The lowest BCUT2D eigenvalue weighted by atomic mass is 9.79. The van der Waals surface area contributed by atoms with Gasteiger partial charge >= 0.3 is 0 Å². The minimum atomic E-state index is -0.00251. The quantitative estimate of drug-likeness (QED) is 0.259. The molecule has 0 saturated carbocycles. The third kappa shape index (κ3) is 4.75. The highest BCUT2D eigenvalue weighted by Gasteiger charge is 2.29. The molecule has 0 aromatic heterocycles. The molecule has 0 fully saturated rings. The average molecular weight is 501 g/mol. The molecule has 38 heavy (non-hydrogen) atoms. The van der Waals surface area contributed by atoms with E-state index < -0.39 is 0 Å². The fourth-order valence-electron chi connectivity index (χ4n) is 5.89. The third-order valence-electron chi connectivity index (χ3n) is 8.22. The van der Waals surface area contributed by atoms with Crippen molar-refractivity contribution in [3.05, 3.63) is 121 Å². The minimum absolute atomic E-state index is 0.00251. The van der Waals surface area contributed by atoms with Crippen LogP contribution in [0.2, 0.25) is 0 Å². The van der Waals surface area contributed by atoms with Gasteiger partial charge in [-0.25, -0.2) is 0 Å². The lowest BCUT2D eigenvalue weighted by Gasteiger charge is -2.25. The first-order valence-corrected chi connectivity index (χ1v) is 14.2. The molecular weight excluding hydrogens is 456 g/mol. The second-order valence-electron chi connectivity index (χ2n) is 14.4. The highest BCUT2D eigenvalue weighted by molar-refractivity contribution is 5.83. The Kier molecular flexibility index (Phi) is 6.26. The van der Waals surface area contributed by atoms with Gasteiger partial charge in [-0.2, -0.15) is 0 Å². The van der Waals surface area contributed by atoms with Crippen molar-refractivity contribution in [3.8, 4) is 0 Å². The molecule has 2 aliphatic carbocycles. The van der Waals surface area contributed by atoms with Gasteiger partial charge in [-0.3, -0.25) is 0 Å². The van der Waals surface area contributed by atoms with Crippen molar-refractivity contribution in [1.82, 2.24) is 0 Å². The first kappa shape index (κ1) is 26.5. The highest BCUT2D eigenvalue weighted by Crippen LogP contribution is 2.41. The zero-order chi connectivity index (χ0) is 27.6. The first-order chi connectivity index (χ1) is 17.6. The summed E-state index contributed by atoms with van der Waals surface area (Å²) in [4.78, 5) is 0. The Morgan fingerprint density at radius 3 is 1.95 bits per heavy atom. The molecular formula is C38H44. The van der Waals surface area contributed by atoms with Crippen LogP contribution in [0.3, 0.4) is 0 Å². The van der Waals surface area contributed by atoms with E-state index in [1.54, 1.807) is 0 Å². The monoisotopic (exact) mass is 500 g/mol. The molecule has 0 heteroatoms. The topological polar surface area (TPSA) is 0 Å². The third-order valence-corrected chi connectivity index (χ3v) is 8.22. The molecule has 0 N–H and O–H groups in total. The largest absolute Gasteiger partial charge is 0.0735 e. The van der Waals surface area contributed by atoms with Gasteiger partial charge in [0.15, 0.2) is 0 Å². The summed E-state index contributed by atoms with van der Waals surface area (Å²) in [6.07, 6.45) is 9.85. The summed E-state index contributed by atoms with van der Waals surface area (Å²) in [5.74, 6) is 0.369. The number of hydrogen-bond acceptors (Lipinski definition) is 0. The van der Waals surface area contributed by atoms with Crippen LogP contribution in [-0.2, 0) is 10.8 Å². The summed E-state index contributed by atoms with van der Waals surface area (Å²) in [6, 6.07) is 20.4. The SMILES string of the molecule is CC1C=C(C(C)(C)C)C=C1c1c2c(cc(C(C)(C)C)c1=Cc1ccccc1)=c1cc(C(C)(C)C)ccc1=C2. The number of benzene rings is 3. The molecule has 5 rings (SSSR count). The molecule has 2 aliphatic rings. The standard InChI is InChI=1S/C38H44/c1-24-18-28(37(5,6)7)22-29(24)35-32-20-26-16-17-27(36(2,3)4)21-30(26)31(32)23-34(38(8,9)10)33(35)19-25-14-12-11-13-15-25/h11-24H,1-10H3. The lowest BCUT2D eigenvalue weighted by molar-refractivity contribution is 0.516. The van der Waals surface area contributed by atoms with E-state index in [0.29, 0.717) is 5.92 Å². The van der Waals surface area contributed by atoms with Crippen LogP contribution >= 0.6 is 0 Å². The van der Waals surface area contributed by atoms with E-state index in [-0.39, 0.29) is 16.2 Å². The Morgan fingerprint density at radius 2 is 1.37 bits per heavy atom. The number of hydrogen-bond donors (Lipinski definition) is 0. The van der Waals surface area contributed by atoms with E-state index in [2.05, 4.69) is 148 Å². The van der Waals surface area contributed by atoms with Crippen LogP contribution in [-0.4, -0.2) is 0 Å². The van der Waals surface area contributed by atoms with Crippen molar-refractivity contribution in [1.29, 1.82) is 0 Å². The molecule has 0 saturated heterocycles. The minimum Gasteiger partial charge on any atom is -0.0735 e. The summed E-state index contributed by atoms with van der Waals surface area (Å²) >= 11 is 0. The van der Waals surface area contributed by atoms with Crippen molar-refractivity contribution in [2.24, 2.45) is 11.3 Å². The molecule has 0 nitrogen and oxygen atoms in total. The summed E-state index contributed by atoms with van der Waals surface area (Å²) in [5, 5.41) is 5.46. The maximum Gasteiger partial charge on any atom is 0.000207 e. The van der Waals surface area contributed by atoms with Gasteiger partial charge in [-0.05, 0) is 94.3 Å². The van der Waals surface area contributed by atoms with Crippen LogP contribution in [0, 0.1) is 21.8 Å². The smallest absolute Gasteiger partial charge is 0.000207 e. The van der Waals surface area contributed by atoms with Gasteiger partial charge in [0, 0.05) is 5.92 Å². The van der Waals surface area contributed by atoms with Gasteiger partial charge in [0.05, 0.1) is 0 Å². The van der Waals surface area contributed by atoms with Gasteiger partial charge in [-0.15, -0.1) is 0 Å². The van der Waals surface area contributed by atoms with Crippen molar-refractivity contribution < 1.29 is 0 Å². The van der Waals surface area contributed by atoms with Crippen molar-refractivity contribution >= 4 is 17.7 Å². The lowest BCUT2D eigenvalue weighted by Crippen LogP contribution is -2.27. The van der Waals surface area contributed by atoms with Crippen LogP contribution in [0.1, 0.15) is 97.1 Å². The van der Waals surface area contributed by atoms with Crippen molar-refractivity contribution in [2.75, 3.05) is 0 Å². The maximum absolute atomic E-state index is 2.50. The maximum atomic E-state index is 2.50. The molecule has 1 atom stereocenters. The van der Waals surface area contributed by atoms with Crippen LogP contribution in [0.25, 0.3) is 17.7 Å². The van der Waals surface area contributed by atoms with E-state index in [1.165, 1.54) is 59.8 Å². The number of rotatable bonds is 2. The van der Waals surface area contributed by atoms with Gasteiger partial charge in [-0.1, -0.05) is 130 Å². The zero-order valence-corrected chi connectivity index (χ0v) is 25.1. The van der Waals surface area contributed by atoms with Crippen LogP contribution in [0.15, 0.2) is 72.3 Å². The number of allylic oxidation sites excluding steroid dienone is 4. The van der Waals surface area contributed by atoms with Gasteiger partial charge in [0.25, 0.3) is 0 Å². The number of fused-ring (bicyclic) bond motifs is 2. The Hall–Kier alpha value is -3.12. The highest BCUT2D eigenvalue weighted by atomic mass is 14.3. The zero-order valence-electron chi connectivity index (χ0n) is 25.1. The molecule has 0 spiro atoms. The average Bonchev–Trinajstić information content (AvgIpc) is 3.38. The van der Waals surface area contributed by atoms with E-state index in [9.17, 15) is 0 Å².